The second-order valence-electron chi connectivity index (χ2n) is 8.77. The zero-order chi connectivity index (χ0) is 24.8. The third-order valence-corrected chi connectivity index (χ3v) is 6.20. The van der Waals surface area contributed by atoms with Gasteiger partial charge in [-0.1, -0.05) is 62.6 Å². The molecule has 0 radical (unpaired) electrons. The Balaban J connectivity index is 1.52. The average molecular weight is 481 g/mol. The molecule has 0 atom stereocenters. The molecule has 0 N–H and O–H groups in total. The van der Waals surface area contributed by atoms with Crippen molar-refractivity contribution in [2.24, 2.45) is 0 Å². The van der Waals surface area contributed by atoms with Gasteiger partial charge in [-0.05, 0) is 59.5 Å². The molecule has 0 unspecified atom stereocenters. The highest BCUT2D eigenvalue weighted by molar-refractivity contribution is 5.88. The summed E-state index contributed by atoms with van der Waals surface area (Å²) in [6, 6.07) is 16.7. The molecule has 5 heteroatoms. The minimum absolute atomic E-state index is 0.161. The highest BCUT2D eigenvalue weighted by atomic mass is 19.1. The lowest BCUT2D eigenvalue weighted by atomic mass is 9.96. The molecule has 0 saturated heterocycles. The maximum absolute atomic E-state index is 15.2. The van der Waals surface area contributed by atoms with Gasteiger partial charge in [0.05, 0.1) is 12.2 Å². The van der Waals surface area contributed by atoms with E-state index in [4.69, 9.17) is 4.74 Å². The first-order valence-electron chi connectivity index (χ1n) is 12.0. The third kappa shape index (κ3) is 6.02. The van der Waals surface area contributed by atoms with E-state index >= 15 is 4.39 Å². The molecule has 4 aromatic carbocycles. The maximum Gasteiger partial charge on any atom is 0.137 e. The van der Waals surface area contributed by atoms with Crippen LogP contribution in [0.3, 0.4) is 0 Å². The van der Waals surface area contributed by atoms with Crippen molar-refractivity contribution in [2.75, 3.05) is 6.61 Å². The number of halogens is 4. The van der Waals surface area contributed by atoms with Crippen LogP contribution in [0.4, 0.5) is 17.6 Å². The predicted molar refractivity (Wildman–Crippen MR) is 133 cm³/mol. The van der Waals surface area contributed by atoms with Crippen molar-refractivity contribution in [1.29, 1.82) is 0 Å². The van der Waals surface area contributed by atoms with Crippen molar-refractivity contribution in [3.63, 3.8) is 0 Å². The molecule has 0 amide bonds. The molecule has 0 aromatic heterocycles. The van der Waals surface area contributed by atoms with Gasteiger partial charge in [0.1, 0.15) is 29.0 Å². The molecule has 0 fully saturated rings. The number of fused-ring (bicyclic) bond motifs is 1. The first kappa shape index (κ1) is 24.8. The summed E-state index contributed by atoms with van der Waals surface area (Å²) in [5, 5.41) is 0.943. The van der Waals surface area contributed by atoms with Crippen LogP contribution in [-0.2, 0) is 12.8 Å². The molecule has 0 aliphatic rings. The molecule has 4 rings (SSSR count). The van der Waals surface area contributed by atoms with Crippen LogP contribution in [0.1, 0.15) is 43.7 Å². The fraction of sp³-hybridized carbons (Fsp3) is 0.267. The second kappa shape index (κ2) is 11.4. The van der Waals surface area contributed by atoms with Crippen molar-refractivity contribution in [3.8, 4) is 16.9 Å². The van der Waals surface area contributed by atoms with E-state index in [0.29, 0.717) is 41.3 Å². The molecular weight excluding hydrogens is 452 g/mol. The van der Waals surface area contributed by atoms with E-state index < -0.39 is 11.6 Å². The summed E-state index contributed by atoms with van der Waals surface area (Å²) in [4.78, 5) is 0. The summed E-state index contributed by atoms with van der Waals surface area (Å²) >= 11 is 0. The molecule has 0 aliphatic carbocycles. The summed E-state index contributed by atoms with van der Waals surface area (Å²) < 4.78 is 63.4. The van der Waals surface area contributed by atoms with Crippen LogP contribution in [0.15, 0.2) is 66.7 Å². The number of benzene rings is 4. The SMILES string of the molecule is CCCCCCOc1cc(F)c(-c2ccc3c(F)c(CCc4ccc(F)cc4)ccc3c2)c(F)c1. The van der Waals surface area contributed by atoms with Crippen LogP contribution in [0, 0.1) is 23.3 Å². The van der Waals surface area contributed by atoms with Crippen LogP contribution in [0.2, 0.25) is 0 Å². The van der Waals surface area contributed by atoms with Gasteiger partial charge in [-0.15, -0.1) is 0 Å². The van der Waals surface area contributed by atoms with Gasteiger partial charge < -0.3 is 4.74 Å². The Morgan fingerprint density at radius 1 is 0.714 bits per heavy atom. The lowest BCUT2D eigenvalue weighted by Gasteiger charge is -2.12. The van der Waals surface area contributed by atoms with Crippen molar-refractivity contribution in [3.05, 3.63) is 101 Å². The molecule has 0 saturated carbocycles. The quantitative estimate of drug-likeness (QED) is 0.163. The van der Waals surface area contributed by atoms with Gasteiger partial charge in [0, 0.05) is 17.5 Å². The van der Waals surface area contributed by atoms with Gasteiger partial charge in [-0.2, -0.15) is 0 Å². The number of hydrogen-bond acceptors (Lipinski definition) is 1. The second-order valence-corrected chi connectivity index (χ2v) is 8.77. The van der Waals surface area contributed by atoms with Crippen LogP contribution in [-0.4, -0.2) is 6.61 Å². The monoisotopic (exact) mass is 480 g/mol. The normalized spacial score (nSPS) is 11.2. The van der Waals surface area contributed by atoms with E-state index in [0.717, 1.165) is 31.2 Å². The number of rotatable bonds is 10. The van der Waals surface area contributed by atoms with Gasteiger partial charge >= 0.3 is 0 Å². The first-order chi connectivity index (χ1) is 17.0. The van der Waals surface area contributed by atoms with Crippen LogP contribution < -0.4 is 4.74 Å². The average Bonchev–Trinajstić information content (AvgIpc) is 2.84. The van der Waals surface area contributed by atoms with Gasteiger partial charge in [-0.3, -0.25) is 0 Å². The highest BCUT2D eigenvalue weighted by Gasteiger charge is 2.16. The minimum Gasteiger partial charge on any atom is -0.493 e. The molecule has 0 aliphatic heterocycles. The Bertz CT molecular complexity index is 1270. The zero-order valence-electron chi connectivity index (χ0n) is 19.7. The van der Waals surface area contributed by atoms with E-state index in [2.05, 4.69) is 6.92 Å². The van der Waals surface area contributed by atoms with E-state index in [1.807, 2.05) is 0 Å². The molecule has 4 aromatic rings. The number of unbranched alkanes of at least 4 members (excludes halogenated alkanes) is 3. The third-order valence-electron chi connectivity index (χ3n) is 6.20. The summed E-state index contributed by atoms with van der Waals surface area (Å²) in [6.45, 7) is 2.53. The lowest BCUT2D eigenvalue weighted by Crippen LogP contribution is -2.00. The van der Waals surface area contributed by atoms with Gasteiger partial charge in [0.25, 0.3) is 0 Å². The van der Waals surface area contributed by atoms with Gasteiger partial charge in [-0.25, -0.2) is 17.6 Å². The van der Waals surface area contributed by atoms with Crippen molar-refractivity contribution in [2.45, 2.75) is 45.4 Å². The Labute approximate surface area is 203 Å². The fourth-order valence-corrected chi connectivity index (χ4v) is 4.24. The molecular formula is C30H28F4O. The molecule has 0 heterocycles. The number of aryl methyl sites for hydroxylation is 2. The minimum atomic E-state index is -0.718. The molecule has 35 heavy (non-hydrogen) atoms. The van der Waals surface area contributed by atoms with Gasteiger partial charge in [0.2, 0.25) is 0 Å². The van der Waals surface area contributed by atoms with Crippen molar-refractivity contribution < 1.29 is 22.3 Å². The summed E-state index contributed by atoms with van der Waals surface area (Å²) in [7, 11) is 0. The lowest BCUT2D eigenvalue weighted by molar-refractivity contribution is 0.302. The van der Waals surface area contributed by atoms with Crippen LogP contribution in [0.25, 0.3) is 21.9 Å². The summed E-state index contributed by atoms with van der Waals surface area (Å²) in [5.41, 5.74) is 1.62. The topological polar surface area (TPSA) is 9.23 Å². The Kier molecular flexibility index (Phi) is 8.06. The molecule has 1 nitrogen and oxygen atoms in total. The molecule has 0 spiro atoms. The Morgan fingerprint density at radius 3 is 2.17 bits per heavy atom. The fourth-order valence-electron chi connectivity index (χ4n) is 4.24. The zero-order valence-corrected chi connectivity index (χ0v) is 19.7. The maximum atomic E-state index is 15.2. The molecule has 0 bridgehead atoms. The number of hydrogen-bond donors (Lipinski definition) is 0. The smallest absolute Gasteiger partial charge is 0.137 e. The van der Waals surface area contributed by atoms with Crippen LogP contribution >= 0.6 is 0 Å². The van der Waals surface area contributed by atoms with E-state index in [1.54, 1.807) is 36.4 Å². The standard InChI is InChI=1S/C30H28F4O/c1-2-3-4-5-16-35-25-18-27(32)29(28(33)19-25)23-12-15-26-22(17-23)11-10-21(30(26)34)9-6-20-7-13-24(31)14-8-20/h7-8,10-15,17-19H,2-6,9,16H2,1H3. The van der Waals surface area contributed by atoms with E-state index in [-0.39, 0.29) is 22.9 Å². The van der Waals surface area contributed by atoms with Crippen molar-refractivity contribution in [1.82, 2.24) is 0 Å². The Hall–Kier alpha value is -3.34. The largest absolute Gasteiger partial charge is 0.493 e. The highest BCUT2D eigenvalue weighted by Crippen LogP contribution is 2.33. The predicted octanol–water partition coefficient (Wildman–Crippen LogP) is 8.81. The van der Waals surface area contributed by atoms with E-state index in [9.17, 15) is 13.2 Å². The first-order valence-corrected chi connectivity index (χ1v) is 12.0. The summed E-state index contributed by atoms with van der Waals surface area (Å²) in [6.07, 6.45) is 5.08. The van der Waals surface area contributed by atoms with Crippen LogP contribution in [0.5, 0.6) is 5.75 Å². The summed E-state index contributed by atoms with van der Waals surface area (Å²) in [5.74, 6) is -1.94. The van der Waals surface area contributed by atoms with Crippen molar-refractivity contribution >= 4 is 10.8 Å². The van der Waals surface area contributed by atoms with E-state index in [1.165, 1.54) is 30.3 Å². The Morgan fingerprint density at radius 2 is 1.46 bits per heavy atom. The number of ether oxygens (including phenoxy) is 1. The molecule has 182 valence electrons. The van der Waals surface area contributed by atoms with Gasteiger partial charge in [0.15, 0.2) is 0 Å².